The van der Waals surface area contributed by atoms with E-state index in [-0.39, 0.29) is 0 Å². The van der Waals surface area contributed by atoms with Gasteiger partial charge in [0, 0.05) is 46.4 Å². The highest BCUT2D eigenvalue weighted by molar-refractivity contribution is 5.48. The molecule has 1 atom stereocenters. The SMILES string of the molecule is CNc1cc(N2CCC[C@](O)(CNCc3ccc(OC)c(OCCOC)c3)C2)ncn1. The Morgan fingerprint density at radius 3 is 2.81 bits per heavy atom. The van der Waals surface area contributed by atoms with E-state index in [9.17, 15) is 5.11 Å². The van der Waals surface area contributed by atoms with Crippen molar-refractivity contribution in [2.24, 2.45) is 0 Å². The summed E-state index contributed by atoms with van der Waals surface area (Å²) in [5, 5.41) is 17.6. The summed E-state index contributed by atoms with van der Waals surface area (Å²) >= 11 is 0. The number of hydrogen-bond acceptors (Lipinski definition) is 9. The second-order valence-corrected chi connectivity index (χ2v) is 7.69. The van der Waals surface area contributed by atoms with Gasteiger partial charge in [0.05, 0.1) is 19.3 Å². The monoisotopic (exact) mass is 431 g/mol. The van der Waals surface area contributed by atoms with E-state index in [0.29, 0.717) is 44.3 Å². The summed E-state index contributed by atoms with van der Waals surface area (Å²) in [6.07, 6.45) is 3.19. The molecule has 0 unspecified atom stereocenters. The van der Waals surface area contributed by atoms with E-state index in [1.807, 2.05) is 31.3 Å². The fourth-order valence-electron chi connectivity index (χ4n) is 3.73. The van der Waals surface area contributed by atoms with Crippen LogP contribution < -0.4 is 25.0 Å². The second kappa shape index (κ2) is 11.1. The molecule has 31 heavy (non-hydrogen) atoms. The molecule has 9 nitrogen and oxygen atoms in total. The summed E-state index contributed by atoms with van der Waals surface area (Å²) < 4.78 is 16.2. The van der Waals surface area contributed by atoms with Gasteiger partial charge in [-0.2, -0.15) is 0 Å². The van der Waals surface area contributed by atoms with Gasteiger partial charge in [-0.3, -0.25) is 0 Å². The molecule has 1 aromatic heterocycles. The van der Waals surface area contributed by atoms with Crippen LogP contribution in [-0.2, 0) is 11.3 Å². The van der Waals surface area contributed by atoms with E-state index in [2.05, 4.69) is 25.5 Å². The zero-order valence-electron chi connectivity index (χ0n) is 18.6. The summed E-state index contributed by atoms with van der Waals surface area (Å²) in [5.74, 6) is 2.96. The van der Waals surface area contributed by atoms with Crippen molar-refractivity contribution in [2.45, 2.75) is 25.0 Å². The molecule has 3 N–H and O–H groups in total. The van der Waals surface area contributed by atoms with Gasteiger partial charge in [0.2, 0.25) is 0 Å². The minimum absolute atomic E-state index is 0.456. The molecule has 1 saturated heterocycles. The number of nitrogens with zero attached hydrogens (tertiary/aromatic N) is 3. The van der Waals surface area contributed by atoms with Crippen LogP contribution in [0.1, 0.15) is 18.4 Å². The zero-order valence-corrected chi connectivity index (χ0v) is 18.6. The Morgan fingerprint density at radius 1 is 1.16 bits per heavy atom. The average molecular weight is 432 g/mol. The summed E-state index contributed by atoms with van der Waals surface area (Å²) in [6, 6.07) is 7.75. The number of methoxy groups -OCH3 is 2. The summed E-state index contributed by atoms with van der Waals surface area (Å²) in [5.41, 5.74) is 0.228. The van der Waals surface area contributed by atoms with Crippen LogP contribution in [0.4, 0.5) is 11.6 Å². The first-order chi connectivity index (χ1) is 15.1. The molecular weight excluding hydrogens is 398 g/mol. The van der Waals surface area contributed by atoms with Gasteiger partial charge < -0.3 is 34.9 Å². The lowest BCUT2D eigenvalue weighted by molar-refractivity contribution is 0.0259. The Bertz CT molecular complexity index is 837. The highest BCUT2D eigenvalue weighted by Gasteiger charge is 2.33. The van der Waals surface area contributed by atoms with E-state index in [0.717, 1.165) is 36.6 Å². The number of benzene rings is 1. The first-order valence-corrected chi connectivity index (χ1v) is 10.5. The van der Waals surface area contributed by atoms with E-state index in [1.165, 1.54) is 0 Å². The maximum Gasteiger partial charge on any atom is 0.161 e. The molecule has 0 amide bonds. The van der Waals surface area contributed by atoms with Gasteiger partial charge in [-0.25, -0.2) is 9.97 Å². The predicted octanol–water partition coefficient (Wildman–Crippen LogP) is 1.67. The fraction of sp³-hybridized carbons (Fsp3) is 0.545. The van der Waals surface area contributed by atoms with Crippen molar-refractivity contribution in [1.29, 1.82) is 0 Å². The topological polar surface area (TPSA) is 101 Å². The molecule has 0 aliphatic carbocycles. The number of ether oxygens (including phenoxy) is 3. The molecule has 170 valence electrons. The average Bonchev–Trinajstić information content (AvgIpc) is 2.79. The van der Waals surface area contributed by atoms with Gasteiger partial charge in [-0.05, 0) is 30.5 Å². The summed E-state index contributed by atoms with van der Waals surface area (Å²) in [6.45, 7) is 3.45. The number of piperidine rings is 1. The third kappa shape index (κ3) is 6.43. The maximum absolute atomic E-state index is 11.2. The van der Waals surface area contributed by atoms with Crippen LogP contribution in [0.15, 0.2) is 30.6 Å². The van der Waals surface area contributed by atoms with Crippen molar-refractivity contribution in [3.8, 4) is 11.5 Å². The Morgan fingerprint density at radius 2 is 2.03 bits per heavy atom. The molecule has 1 fully saturated rings. The highest BCUT2D eigenvalue weighted by Crippen LogP contribution is 2.29. The van der Waals surface area contributed by atoms with Crippen LogP contribution in [0.2, 0.25) is 0 Å². The third-order valence-electron chi connectivity index (χ3n) is 5.34. The first-order valence-electron chi connectivity index (χ1n) is 10.5. The molecule has 1 aliphatic rings. The van der Waals surface area contributed by atoms with Gasteiger partial charge in [0.25, 0.3) is 0 Å². The summed E-state index contributed by atoms with van der Waals surface area (Å²) in [7, 11) is 5.09. The number of aliphatic hydroxyl groups is 1. The van der Waals surface area contributed by atoms with Crippen LogP contribution >= 0.6 is 0 Å². The standard InChI is InChI=1S/C22H33N5O4/c1-23-20-12-21(26-16-25-20)27-8-4-7-22(28,15-27)14-24-13-17-5-6-18(30-3)19(11-17)31-10-9-29-2/h5-6,11-12,16,24,28H,4,7-10,13-15H2,1-3H3,(H,23,25,26)/t22-/m0/s1. The van der Waals surface area contributed by atoms with Gasteiger partial charge in [0.1, 0.15) is 24.6 Å². The van der Waals surface area contributed by atoms with Gasteiger partial charge in [-0.1, -0.05) is 6.07 Å². The minimum Gasteiger partial charge on any atom is -0.493 e. The Labute approximate surface area is 183 Å². The highest BCUT2D eigenvalue weighted by atomic mass is 16.5. The third-order valence-corrected chi connectivity index (χ3v) is 5.34. The molecule has 1 aliphatic heterocycles. The lowest BCUT2D eigenvalue weighted by atomic mass is 9.92. The first kappa shape index (κ1) is 23.1. The van der Waals surface area contributed by atoms with Crippen LogP contribution in [0.25, 0.3) is 0 Å². The predicted molar refractivity (Wildman–Crippen MR) is 120 cm³/mol. The number of aromatic nitrogens is 2. The van der Waals surface area contributed by atoms with Gasteiger partial charge >= 0.3 is 0 Å². The fourth-order valence-corrected chi connectivity index (χ4v) is 3.73. The van der Waals surface area contributed by atoms with E-state index >= 15 is 0 Å². The molecular formula is C22H33N5O4. The summed E-state index contributed by atoms with van der Waals surface area (Å²) in [4.78, 5) is 10.6. The molecule has 0 saturated carbocycles. The number of β-amino-alcohol motifs (C(OH)–C–C–N with tert-alkyl or cyclic N) is 1. The van der Waals surface area contributed by atoms with Crippen LogP contribution in [-0.4, -0.2) is 74.8 Å². The lowest BCUT2D eigenvalue weighted by Crippen LogP contribution is -2.53. The van der Waals surface area contributed by atoms with Gasteiger partial charge in [0.15, 0.2) is 11.5 Å². The molecule has 0 radical (unpaired) electrons. The lowest BCUT2D eigenvalue weighted by Gasteiger charge is -2.40. The maximum atomic E-state index is 11.2. The molecule has 9 heteroatoms. The molecule has 2 aromatic rings. The minimum atomic E-state index is -0.826. The van der Waals surface area contributed by atoms with Gasteiger partial charge in [-0.15, -0.1) is 0 Å². The molecule has 1 aromatic carbocycles. The van der Waals surface area contributed by atoms with Crippen LogP contribution in [0.3, 0.4) is 0 Å². The van der Waals surface area contributed by atoms with E-state index in [1.54, 1.807) is 20.5 Å². The number of anilines is 2. The van der Waals surface area contributed by atoms with Crippen molar-refractivity contribution in [3.05, 3.63) is 36.2 Å². The second-order valence-electron chi connectivity index (χ2n) is 7.69. The normalized spacial score (nSPS) is 18.6. The molecule has 3 rings (SSSR count). The van der Waals surface area contributed by atoms with Crippen molar-refractivity contribution >= 4 is 11.6 Å². The quantitative estimate of drug-likeness (QED) is 0.459. The number of rotatable bonds is 11. The van der Waals surface area contributed by atoms with Crippen molar-refractivity contribution < 1.29 is 19.3 Å². The smallest absolute Gasteiger partial charge is 0.161 e. The number of hydrogen-bond donors (Lipinski definition) is 3. The Kier molecular flexibility index (Phi) is 8.27. The molecule has 0 spiro atoms. The molecule has 0 bridgehead atoms. The molecule has 2 heterocycles. The van der Waals surface area contributed by atoms with Crippen molar-refractivity contribution in [1.82, 2.24) is 15.3 Å². The zero-order chi connectivity index (χ0) is 22.1. The number of nitrogens with one attached hydrogen (secondary N) is 2. The largest absolute Gasteiger partial charge is 0.493 e. The van der Waals surface area contributed by atoms with Crippen LogP contribution in [0.5, 0.6) is 11.5 Å². The van der Waals surface area contributed by atoms with E-state index in [4.69, 9.17) is 14.2 Å². The van der Waals surface area contributed by atoms with E-state index < -0.39 is 5.60 Å². The van der Waals surface area contributed by atoms with Crippen molar-refractivity contribution in [3.63, 3.8) is 0 Å². The Balaban J connectivity index is 1.57. The Hall–Kier alpha value is -2.62. The van der Waals surface area contributed by atoms with Crippen molar-refractivity contribution in [2.75, 3.05) is 64.3 Å². The van der Waals surface area contributed by atoms with Crippen LogP contribution in [0, 0.1) is 0 Å².